The van der Waals surface area contributed by atoms with E-state index in [9.17, 15) is 4.79 Å². The lowest BCUT2D eigenvalue weighted by atomic mass is 9.33. The maximum atomic E-state index is 13.2. The van der Waals surface area contributed by atoms with Gasteiger partial charge in [-0.3, -0.25) is 4.79 Å². The molecule has 0 unspecified atom stereocenters. The summed E-state index contributed by atoms with van der Waals surface area (Å²) in [6.45, 7) is 26.1. The van der Waals surface area contributed by atoms with Crippen molar-refractivity contribution in [2.75, 3.05) is 7.11 Å². The fourth-order valence-corrected chi connectivity index (χ4v) is 13.7. The zero-order valence-corrected chi connectivity index (χ0v) is 32.2. The summed E-state index contributed by atoms with van der Waals surface area (Å²) in [6.07, 6.45) is 19.3. The second-order valence-corrected chi connectivity index (χ2v) is 19.6. The van der Waals surface area contributed by atoms with Crippen LogP contribution in [0.1, 0.15) is 143 Å². The van der Waals surface area contributed by atoms with Gasteiger partial charge in [0, 0.05) is 29.7 Å². The predicted octanol–water partition coefficient (Wildman–Crippen LogP) is 11.1. The Bertz CT molecular complexity index is 1700. The molecule has 0 N–H and O–H groups in total. The quantitative estimate of drug-likeness (QED) is 0.233. The van der Waals surface area contributed by atoms with Gasteiger partial charge in [-0.1, -0.05) is 65.0 Å². The molecule has 4 fully saturated rings. The zero-order chi connectivity index (χ0) is 35.2. The monoisotopic (exact) mass is 666 g/mol. The van der Waals surface area contributed by atoms with Gasteiger partial charge in [-0.2, -0.15) is 0 Å². The van der Waals surface area contributed by atoms with Crippen LogP contribution in [0.2, 0.25) is 0 Å². The SMILES string of the molecule is C=C(C)[C@H]1CC[C@@H](C)[C@]23CC=C(C)[C@@]2(C1)Oc1c(cc2c(c1C)C=C[C@@H]1[C@@]2(C)CC[C@@]2(C)[C@@H]4C[C@](C)(C(=O)OC)CC[C@]4(C)CC[C@]12C)O3. The number of benzene rings is 1. The van der Waals surface area contributed by atoms with E-state index in [1.54, 1.807) is 7.11 Å². The second-order valence-electron chi connectivity index (χ2n) is 19.6. The van der Waals surface area contributed by atoms with Crippen molar-refractivity contribution in [1.82, 2.24) is 0 Å². The number of hydrogen-bond acceptors (Lipinski definition) is 4. The van der Waals surface area contributed by atoms with Crippen LogP contribution in [-0.2, 0) is 14.9 Å². The van der Waals surface area contributed by atoms with Crippen molar-refractivity contribution in [2.24, 2.45) is 45.3 Å². The Morgan fingerprint density at radius 1 is 0.939 bits per heavy atom. The molecule has 4 saturated carbocycles. The van der Waals surface area contributed by atoms with Gasteiger partial charge in [0.1, 0.15) is 0 Å². The fraction of sp³-hybridized carbons (Fsp3) is 0.711. The predicted molar refractivity (Wildman–Crippen MR) is 198 cm³/mol. The molecule has 8 rings (SSSR count). The molecule has 4 nitrogen and oxygen atoms in total. The number of fused-ring (bicyclic) bond motifs is 8. The van der Waals surface area contributed by atoms with E-state index in [1.165, 1.54) is 47.1 Å². The molecular formula is C45H62O4. The second kappa shape index (κ2) is 10.3. The summed E-state index contributed by atoms with van der Waals surface area (Å²) in [6, 6.07) is 2.43. The minimum Gasteiger partial charge on any atom is -0.478 e. The van der Waals surface area contributed by atoms with Gasteiger partial charge in [0.25, 0.3) is 0 Å². The average molecular weight is 667 g/mol. The van der Waals surface area contributed by atoms with Gasteiger partial charge in [0.05, 0.1) is 12.5 Å². The zero-order valence-electron chi connectivity index (χ0n) is 32.2. The number of allylic oxidation sites excluding steroid dienone is 2. The molecule has 1 aliphatic heterocycles. The van der Waals surface area contributed by atoms with Crippen LogP contribution < -0.4 is 9.47 Å². The normalized spacial score (nSPS) is 47.6. The molecule has 0 spiro atoms. The summed E-state index contributed by atoms with van der Waals surface area (Å²) in [5, 5.41) is 0. The molecular weight excluding hydrogens is 604 g/mol. The van der Waals surface area contributed by atoms with Crippen molar-refractivity contribution in [3.05, 3.63) is 52.6 Å². The highest BCUT2D eigenvalue weighted by Gasteiger charge is 2.69. The van der Waals surface area contributed by atoms with Crippen LogP contribution in [0.4, 0.5) is 0 Å². The highest BCUT2D eigenvalue weighted by atomic mass is 16.6. The van der Waals surface area contributed by atoms with Crippen LogP contribution in [0.25, 0.3) is 6.08 Å². The number of ether oxygens (including phenoxy) is 3. The van der Waals surface area contributed by atoms with E-state index < -0.39 is 16.6 Å². The molecule has 4 heteroatoms. The summed E-state index contributed by atoms with van der Waals surface area (Å²) in [5.41, 5.74) is 5.86. The molecule has 0 amide bonds. The fourth-order valence-electron chi connectivity index (χ4n) is 13.7. The lowest BCUT2D eigenvalue weighted by molar-refractivity contribution is -0.205. The van der Waals surface area contributed by atoms with Crippen LogP contribution in [0.15, 0.2) is 35.9 Å². The van der Waals surface area contributed by atoms with Crippen molar-refractivity contribution in [1.29, 1.82) is 0 Å². The highest BCUT2D eigenvalue weighted by molar-refractivity contribution is 5.76. The van der Waals surface area contributed by atoms with Crippen molar-refractivity contribution in [3.8, 4) is 11.5 Å². The molecule has 7 aliphatic rings. The number of methoxy groups -OCH3 is 1. The van der Waals surface area contributed by atoms with Crippen LogP contribution in [0.3, 0.4) is 0 Å². The van der Waals surface area contributed by atoms with Crippen molar-refractivity contribution in [2.45, 2.75) is 150 Å². The minimum absolute atomic E-state index is 0.00822. The number of hydrogen-bond donors (Lipinski definition) is 0. The smallest absolute Gasteiger partial charge is 0.311 e. The van der Waals surface area contributed by atoms with Gasteiger partial charge in [-0.15, -0.1) is 0 Å². The summed E-state index contributed by atoms with van der Waals surface area (Å²) < 4.78 is 20.4. The number of carbonyl (C=O) groups is 1. The number of esters is 1. The van der Waals surface area contributed by atoms with Gasteiger partial charge in [-0.25, -0.2) is 0 Å². The van der Waals surface area contributed by atoms with Crippen molar-refractivity contribution < 1.29 is 19.0 Å². The first-order valence-electron chi connectivity index (χ1n) is 19.6. The first kappa shape index (κ1) is 33.6. The maximum Gasteiger partial charge on any atom is 0.311 e. The van der Waals surface area contributed by atoms with E-state index in [0.29, 0.717) is 23.7 Å². The highest BCUT2D eigenvalue weighted by Crippen LogP contribution is 2.75. The Balaban J connectivity index is 1.21. The van der Waals surface area contributed by atoms with Crippen molar-refractivity contribution in [3.63, 3.8) is 0 Å². The first-order chi connectivity index (χ1) is 22.9. The molecule has 11 atom stereocenters. The molecule has 0 aromatic heterocycles. The molecule has 49 heavy (non-hydrogen) atoms. The first-order valence-corrected chi connectivity index (χ1v) is 19.6. The van der Waals surface area contributed by atoms with E-state index in [-0.39, 0.29) is 27.6 Å². The van der Waals surface area contributed by atoms with Gasteiger partial charge >= 0.3 is 5.97 Å². The number of carbonyl (C=O) groups excluding carboxylic acids is 1. The van der Waals surface area contributed by atoms with Crippen LogP contribution in [-0.4, -0.2) is 24.3 Å². The summed E-state index contributed by atoms with van der Waals surface area (Å²) in [5.74, 6) is 3.59. The Hall–Kier alpha value is -2.49. The maximum absolute atomic E-state index is 13.2. The Morgan fingerprint density at radius 2 is 1.65 bits per heavy atom. The standard InChI is InChI=1S/C45H62O4/c1-27(2)31-13-12-28(3)44-17-16-29(4)45(44,25-31)49-37-30(5)32-14-15-35-41(8,33(32)24-34(37)48-44)21-23-43(10)36-26-40(7,38(46)47-11)19-18-39(36,6)20-22-42(35,43)9/h14-16,24,28,31,35-36H,1,12-13,17-23,25-26H2,2-11H3/t28-,31+,35-,36-,39-,40-,41+,42-,43+,44-,45-/m1/s1. The Kier molecular flexibility index (Phi) is 7.08. The third-order valence-corrected chi connectivity index (χ3v) is 17.4. The molecule has 0 saturated heterocycles. The third kappa shape index (κ3) is 4.01. The molecule has 0 radical (unpaired) electrons. The van der Waals surface area contributed by atoms with Gasteiger partial charge in [0.15, 0.2) is 22.7 Å². The van der Waals surface area contributed by atoms with Crippen LogP contribution in [0, 0.1) is 52.3 Å². The van der Waals surface area contributed by atoms with Crippen LogP contribution in [0.5, 0.6) is 11.5 Å². The van der Waals surface area contributed by atoms with E-state index in [1.807, 2.05) is 0 Å². The lowest BCUT2D eigenvalue weighted by Crippen LogP contribution is -2.65. The van der Waals surface area contributed by atoms with Gasteiger partial charge in [0.2, 0.25) is 0 Å². The van der Waals surface area contributed by atoms with E-state index in [4.69, 9.17) is 14.2 Å². The van der Waals surface area contributed by atoms with Gasteiger partial charge < -0.3 is 14.2 Å². The topological polar surface area (TPSA) is 44.8 Å². The molecule has 1 aromatic rings. The third-order valence-electron chi connectivity index (χ3n) is 17.4. The molecule has 6 aliphatic carbocycles. The molecule has 266 valence electrons. The molecule has 1 heterocycles. The number of rotatable bonds is 2. The van der Waals surface area contributed by atoms with Gasteiger partial charge in [-0.05, 0) is 142 Å². The van der Waals surface area contributed by atoms with Crippen molar-refractivity contribution >= 4 is 12.0 Å². The molecule has 1 aromatic carbocycles. The average Bonchev–Trinajstić information content (AvgIpc) is 3.27. The summed E-state index contributed by atoms with van der Waals surface area (Å²) >= 11 is 0. The molecule has 0 bridgehead atoms. The van der Waals surface area contributed by atoms with E-state index >= 15 is 0 Å². The summed E-state index contributed by atoms with van der Waals surface area (Å²) in [4.78, 5) is 13.2. The van der Waals surface area contributed by atoms with E-state index in [2.05, 4.69) is 93.2 Å². The Labute approximate surface area is 296 Å². The summed E-state index contributed by atoms with van der Waals surface area (Å²) in [7, 11) is 1.57. The Morgan fingerprint density at radius 3 is 2.37 bits per heavy atom. The lowest BCUT2D eigenvalue weighted by Gasteiger charge is -2.71. The minimum atomic E-state index is -0.461. The van der Waals surface area contributed by atoms with E-state index in [0.717, 1.165) is 62.9 Å². The van der Waals surface area contributed by atoms with Crippen LogP contribution >= 0.6 is 0 Å². The largest absolute Gasteiger partial charge is 0.478 e.